The Morgan fingerprint density at radius 3 is 2.90 bits per heavy atom. The van der Waals surface area contributed by atoms with Gasteiger partial charge in [-0.05, 0) is 17.0 Å². The zero-order valence-corrected chi connectivity index (χ0v) is 11.9. The van der Waals surface area contributed by atoms with E-state index in [4.69, 9.17) is 5.73 Å². The molecule has 0 saturated heterocycles. The Morgan fingerprint density at radius 2 is 2.20 bits per heavy atom. The third-order valence-corrected chi connectivity index (χ3v) is 3.44. The predicted octanol–water partition coefficient (Wildman–Crippen LogP) is 1.12. The molecular weight excluding hydrogens is 272 g/mol. The van der Waals surface area contributed by atoms with Crippen LogP contribution >= 0.6 is 11.3 Å². The summed E-state index contributed by atoms with van der Waals surface area (Å²) in [5.74, 6) is 5.68. The van der Waals surface area contributed by atoms with E-state index in [0.29, 0.717) is 18.7 Å². The van der Waals surface area contributed by atoms with E-state index in [1.807, 2.05) is 11.4 Å². The average Bonchev–Trinajstić information content (AvgIpc) is 2.92. The molecule has 0 unspecified atom stereocenters. The van der Waals surface area contributed by atoms with Crippen molar-refractivity contribution in [3.63, 3.8) is 0 Å². The van der Waals surface area contributed by atoms with Crippen molar-refractivity contribution in [2.75, 3.05) is 13.6 Å². The predicted molar refractivity (Wildman–Crippen MR) is 78.1 cm³/mol. The largest absolute Gasteiger partial charge is 0.337 e. The smallest absolute Gasteiger partial charge is 0.257 e. The molecular formula is C14H14N4OS. The Bertz CT molecular complexity index is 642. The van der Waals surface area contributed by atoms with E-state index in [0.717, 1.165) is 10.4 Å². The zero-order valence-electron chi connectivity index (χ0n) is 11.0. The van der Waals surface area contributed by atoms with Gasteiger partial charge in [0.2, 0.25) is 0 Å². The minimum absolute atomic E-state index is 0.105. The third-order valence-electron chi connectivity index (χ3n) is 2.54. The first kappa shape index (κ1) is 14.2. The molecule has 20 heavy (non-hydrogen) atoms. The van der Waals surface area contributed by atoms with Crippen molar-refractivity contribution in [1.29, 1.82) is 0 Å². The molecule has 0 aromatic carbocycles. The number of thiophene rings is 1. The molecule has 0 atom stereocenters. The fourth-order valence-electron chi connectivity index (χ4n) is 1.64. The van der Waals surface area contributed by atoms with E-state index in [2.05, 4.69) is 21.8 Å². The van der Waals surface area contributed by atoms with Crippen molar-refractivity contribution in [3.8, 4) is 11.8 Å². The highest BCUT2D eigenvalue weighted by Gasteiger charge is 2.13. The summed E-state index contributed by atoms with van der Waals surface area (Å²) in [4.78, 5) is 22.4. The van der Waals surface area contributed by atoms with Crippen molar-refractivity contribution in [3.05, 3.63) is 46.2 Å². The molecule has 2 aromatic heterocycles. The van der Waals surface area contributed by atoms with E-state index >= 15 is 0 Å². The molecule has 0 aliphatic carbocycles. The Labute approximate surface area is 121 Å². The number of hydrogen-bond donors (Lipinski definition) is 1. The van der Waals surface area contributed by atoms with E-state index in [1.54, 1.807) is 23.3 Å². The number of amides is 1. The lowest BCUT2D eigenvalue weighted by Crippen LogP contribution is -2.26. The van der Waals surface area contributed by atoms with Gasteiger partial charge in [-0.25, -0.2) is 9.97 Å². The first-order valence-corrected chi connectivity index (χ1v) is 6.85. The van der Waals surface area contributed by atoms with Crippen molar-refractivity contribution in [1.82, 2.24) is 14.9 Å². The number of nitrogens with zero attached hydrogens (tertiary/aromatic N) is 3. The van der Waals surface area contributed by atoms with E-state index in [9.17, 15) is 4.79 Å². The Morgan fingerprint density at radius 1 is 1.45 bits per heavy atom. The van der Waals surface area contributed by atoms with Gasteiger partial charge in [0.15, 0.2) is 0 Å². The van der Waals surface area contributed by atoms with Gasteiger partial charge in [0, 0.05) is 26.0 Å². The summed E-state index contributed by atoms with van der Waals surface area (Å²) >= 11 is 1.55. The van der Waals surface area contributed by atoms with Gasteiger partial charge in [-0.2, -0.15) is 0 Å². The van der Waals surface area contributed by atoms with Crippen LogP contribution in [0.1, 0.15) is 20.8 Å². The van der Waals surface area contributed by atoms with Crippen LogP contribution in [-0.2, 0) is 6.54 Å². The normalized spacial score (nSPS) is 9.70. The van der Waals surface area contributed by atoms with Crippen molar-refractivity contribution in [2.45, 2.75) is 6.54 Å². The van der Waals surface area contributed by atoms with Crippen LogP contribution in [0.3, 0.4) is 0 Å². The number of rotatable bonds is 3. The number of carbonyl (C=O) groups is 1. The molecule has 1 amide bonds. The molecule has 0 spiro atoms. The number of aromatic nitrogens is 2. The minimum atomic E-state index is -0.105. The summed E-state index contributed by atoms with van der Waals surface area (Å²) in [6.07, 6.45) is 4.42. The topological polar surface area (TPSA) is 72.1 Å². The molecule has 0 aliphatic heterocycles. The van der Waals surface area contributed by atoms with Gasteiger partial charge in [0.05, 0.1) is 17.0 Å². The summed E-state index contributed by atoms with van der Waals surface area (Å²) in [5, 5.41) is 1.99. The van der Waals surface area contributed by atoms with Crippen molar-refractivity contribution < 1.29 is 4.79 Å². The monoisotopic (exact) mass is 286 g/mol. The lowest BCUT2D eigenvalue weighted by atomic mass is 10.2. The highest BCUT2D eigenvalue weighted by atomic mass is 32.1. The second-order valence-electron chi connectivity index (χ2n) is 4.11. The van der Waals surface area contributed by atoms with Gasteiger partial charge in [-0.3, -0.25) is 4.79 Å². The van der Waals surface area contributed by atoms with Gasteiger partial charge < -0.3 is 10.6 Å². The Kier molecular flexibility index (Phi) is 4.82. The molecule has 0 bridgehead atoms. The van der Waals surface area contributed by atoms with Gasteiger partial charge in [-0.1, -0.05) is 11.8 Å². The standard InChI is InChI=1S/C14H14N4OS/c1-18(14(19)12-6-16-10-17-7-12)8-11-5-13(20-9-11)3-2-4-15/h5-7,9-10H,4,8,15H2,1H3. The maximum Gasteiger partial charge on any atom is 0.257 e. The summed E-state index contributed by atoms with van der Waals surface area (Å²) in [6.45, 7) is 0.869. The second-order valence-corrected chi connectivity index (χ2v) is 5.02. The van der Waals surface area contributed by atoms with Crippen LogP contribution in [-0.4, -0.2) is 34.4 Å². The molecule has 0 fully saturated rings. The molecule has 2 aromatic rings. The molecule has 5 nitrogen and oxygen atoms in total. The number of carbonyl (C=O) groups excluding carboxylic acids is 1. The van der Waals surface area contributed by atoms with Gasteiger partial charge >= 0.3 is 0 Å². The summed E-state index contributed by atoms with van der Waals surface area (Å²) in [5.41, 5.74) is 6.86. The minimum Gasteiger partial charge on any atom is -0.337 e. The summed E-state index contributed by atoms with van der Waals surface area (Å²) in [7, 11) is 1.75. The van der Waals surface area contributed by atoms with Crippen molar-refractivity contribution >= 4 is 17.2 Å². The lowest BCUT2D eigenvalue weighted by molar-refractivity contribution is 0.0784. The fourth-order valence-corrected chi connectivity index (χ4v) is 2.41. The summed E-state index contributed by atoms with van der Waals surface area (Å²) in [6, 6.07) is 1.97. The highest BCUT2D eigenvalue weighted by molar-refractivity contribution is 7.10. The molecule has 0 radical (unpaired) electrons. The molecule has 102 valence electrons. The van der Waals surface area contributed by atoms with Crippen LogP contribution in [0.5, 0.6) is 0 Å². The number of nitrogens with two attached hydrogens (primary N) is 1. The Balaban J connectivity index is 2.02. The Hall–Kier alpha value is -2.23. The fraction of sp³-hybridized carbons (Fsp3) is 0.214. The summed E-state index contributed by atoms with van der Waals surface area (Å²) < 4.78 is 0. The van der Waals surface area contributed by atoms with Crippen LogP contribution in [0, 0.1) is 11.8 Å². The lowest BCUT2D eigenvalue weighted by Gasteiger charge is -2.15. The maximum atomic E-state index is 12.1. The van der Waals surface area contributed by atoms with Gasteiger partial charge in [0.1, 0.15) is 6.33 Å². The van der Waals surface area contributed by atoms with Gasteiger partial charge in [0.25, 0.3) is 5.91 Å². The van der Waals surface area contributed by atoms with Crippen LogP contribution in [0.15, 0.2) is 30.2 Å². The highest BCUT2D eigenvalue weighted by Crippen LogP contribution is 2.15. The third kappa shape index (κ3) is 3.63. The van der Waals surface area contributed by atoms with E-state index in [-0.39, 0.29) is 5.91 Å². The number of hydrogen-bond acceptors (Lipinski definition) is 5. The maximum absolute atomic E-state index is 12.1. The molecule has 6 heteroatoms. The van der Waals surface area contributed by atoms with Gasteiger partial charge in [-0.15, -0.1) is 11.3 Å². The molecule has 2 heterocycles. The average molecular weight is 286 g/mol. The van der Waals surface area contributed by atoms with Crippen LogP contribution in [0.25, 0.3) is 0 Å². The molecule has 2 N–H and O–H groups in total. The van der Waals surface area contributed by atoms with Crippen LogP contribution < -0.4 is 5.73 Å². The molecule has 2 rings (SSSR count). The SMILES string of the molecule is CN(Cc1csc(C#CCN)c1)C(=O)c1cncnc1. The quantitative estimate of drug-likeness (QED) is 0.858. The molecule has 0 aliphatic rings. The first-order chi connectivity index (χ1) is 9.70. The second kappa shape index (κ2) is 6.80. The van der Waals surface area contributed by atoms with E-state index in [1.165, 1.54) is 18.7 Å². The van der Waals surface area contributed by atoms with Crippen LogP contribution in [0.2, 0.25) is 0 Å². The zero-order chi connectivity index (χ0) is 14.4. The molecule has 0 saturated carbocycles. The first-order valence-electron chi connectivity index (χ1n) is 5.97. The van der Waals surface area contributed by atoms with Crippen molar-refractivity contribution in [2.24, 2.45) is 5.73 Å². The van der Waals surface area contributed by atoms with Crippen LogP contribution in [0.4, 0.5) is 0 Å². The van der Waals surface area contributed by atoms with E-state index < -0.39 is 0 Å².